The van der Waals surface area contributed by atoms with Crippen molar-refractivity contribution in [3.05, 3.63) is 96.1 Å². The summed E-state index contributed by atoms with van der Waals surface area (Å²) in [6.07, 6.45) is 16.1. The number of hydrogen-bond donors (Lipinski definition) is 2. The first kappa shape index (κ1) is 46.3. The van der Waals surface area contributed by atoms with Gasteiger partial charge in [0.2, 0.25) is 0 Å². The van der Waals surface area contributed by atoms with Crippen LogP contribution in [0.25, 0.3) is 0 Å². The quantitative estimate of drug-likeness (QED) is 0.0499. The van der Waals surface area contributed by atoms with Crippen LogP contribution in [0, 0.1) is 0 Å². The largest absolute Gasteiger partial charge is 2.00 e. The summed E-state index contributed by atoms with van der Waals surface area (Å²) in [6, 6.07) is 22.3. The van der Waals surface area contributed by atoms with Crippen LogP contribution < -0.4 is 14.6 Å². The molecule has 53 heavy (non-hydrogen) atoms. The molecule has 13 heteroatoms. The Morgan fingerprint density at radius 3 is 1.45 bits per heavy atom. The Bertz CT molecular complexity index is 1780. The summed E-state index contributed by atoms with van der Waals surface area (Å²) in [5.74, 6) is 0.315. The first-order valence-corrected chi connectivity index (χ1v) is 20.8. The number of rotatable bonds is 20. The molecule has 0 aromatic heterocycles. The normalized spacial score (nSPS) is 11.2. The van der Waals surface area contributed by atoms with E-state index in [-0.39, 0.29) is 49.2 Å². The molecule has 0 saturated carbocycles. The topological polar surface area (TPSA) is 173 Å². The van der Waals surface area contributed by atoms with Crippen molar-refractivity contribution in [1.82, 2.24) is 0 Å². The van der Waals surface area contributed by atoms with Gasteiger partial charge in [-0.15, -0.1) is 0 Å². The summed E-state index contributed by atoms with van der Waals surface area (Å²) < 4.78 is 76.9. The molecule has 0 heterocycles. The summed E-state index contributed by atoms with van der Waals surface area (Å²) in [7, 11) is -9.34. The van der Waals surface area contributed by atoms with Gasteiger partial charge in [-0.2, -0.15) is 8.42 Å². The molecular formula is C40H50CaO10S2. The van der Waals surface area contributed by atoms with Gasteiger partial charge in [-0.3, -0.25) is 4.55 Å². The van der Waals surface area contributed by atoms with Gasteiger partial charge < -0.3 is 24.2 Å². The molecule has 10 nitrogen and oxygen atoms in total. The van der Waals surface area contributed by atoms with E-state index in [1.807, 2.05) is 42.5 Å². The molecule has 284 valence electrons. The molecule has 0 radical (unpaired) electrons. The minimum atomic E-state index is -4.83. The Balaban J connectivity index is 0.000000360. The Hall–Kier alpha value is -2.84. The number of para-hydroxylation sites is 2. The van der Waals surface area contributed by atoms with Crippen LogP contribution in [0.1, 0.15) is 102 Å². The predicted octanol–water partition coefficient (Wildman–Crippen LogP) is 9.31. The maximum absolute atomic E-state index is 11.6. The summed E-state index contributed by atoms with van der Waals surface area (Å²) in [5.41, 5.74) is 2.06. The average Bonchev–Trinajstić information content (AvgIpc) is 3.10. The third-order valence-electron chi connectivity index (χ3n) is 8.39. The van der Waals surface area contributed by atoms with Crippen molar-refractivity contribution in [2.24, 2.45) is 0 Å². The Morgan fingerprint density at radius 2 is 1.00 bits per heavy atom. The molecule has 0 aliphatic rings. The molecule has 4 aromatic rings. The summed E-state index contributed by atoms with van der Waals surface area (Å²) >= 11 is 0. The van der Waals surface area contributed by atoms with Gasteiger partial charge in [0.15, 0.2) is 0 Å². The molecule has 0 bridgehead atoms. The van der Waals surface area contributed by atoms with Gasteiger partial charge in [0.05, 0.1) is 4.90 Å². The molecule has 0 spiro atoms. The van der Waals surface area contributed by atoms with Crippen LogP contribution in [0.5, 0.6) is 34.5 Å². The van der Waals surface area contributed by atoms with Crippen LogP contribution in [0.2, 0.25) is 0 Å². The molecule has 0 unspecified atom stereocenters. The average molecular weight is 795 g/mol. The number of unbranched alkanes of at least 4 members (excludes halogenated alkanes) is 10. The third kappa shape index (κ3) is 16.6. The van der Waals surface area contributed by atoms with Crippen molar-refractivity contribution >= 4 is 58.0 Å². The Morgan fingerprint density at radius 1 is 0.585 bits per heavy atom. The molecule has 2 N–H and O–H groups in total. The van der Waals surface area contributed by atoms with Crippen LogP contribution in [0.4, 0.5) is 0 Å². The van der Waals surface area contributed by atoms with Gasteiger partial charge in [0.1, 0.15) is 43.8 Å². The minimum absolute atomic E-state index is 0. The van der Waals surface area contributed by atoms with E-state index >= 15 is 0 Å². The van der Waals surface area contributed by atoms with Crippen molar-refractivity contribution in [2.45, 2.75) is 114 Å². The summed E-state index contributed by atoms with van der Waals surface area (Å²) in [4.78, 5) is -1.35. The molecule has 0 fully saturated rings. The number of ether oxygens (including phenoxy) is 2. The van der Waals surface area contributed by atoms with Gasteiger partial charge in [-0.25, -0.2) is 8.42 Å². The molecule has 0 aliphatic heterocycles. The van der Waals surface area contributed by atoms with E-state index in [9.17, 15) is 36.2 Å². The van der Waals surface area contributed by atoms with Crippen LogP contribution in [0.3, 0.4) is 0 Å². The standard InChI is InChI=1S/2C20H26O5S.Ca/c2*1-2-3-4-5-6-7-10-16-11-8-9-12-19(16)25-17-13-14-18(21)20(15-17)26(22,23)24;/h2*8-9,11-15,21H,2-7,10H2,1H3,(H,22,23,24);/q;;+2/p-2. The molecule has 0 atom stereocenters. The SMILES string of the molecule is CCCCCCCCc1ccccc1Oc1ccc(O)c(S(=O)(=O)O)c1.CCCCCCCCc1ccccc1Oc1ccc([O-])c(S(=O)(=O)[O-])c1.[Ca+2]. The van der Waals surface area contributed by atoms with Crippen molar-refractivity contribution in [1.29, 1.82) is 0 Å². The first-order chi connectivity index (χ1) is 24.8. The summed E-state index contributed by atoms with van der Waals surface area (Å²) in [6.45, 7) is 4.39. The second-order valence-electron chi connectivity index (χ2n) is 12.6. The third-order valence-corrected chi connectivity index (χ3v) is 10.1. The fourth-order valence-corrected chi connectivity index (χ4v) is 6.75. The van der Waals surface area contributed by atoms with Gasteiger partial charge in [0, 0.05) is 6.07 Å². The summed E-state index contributed by atoms with van der Waals surface area (Å²) in [5, 5.41) is 21.2. The smallest absolute Gasteiger partial charge is 0.872 e. The van der Waals surface area contributed by atoms with Crippen molar-refractivity contribution < 1.29 is 45.6 Å². The van der Waals surface area contributed by atoms with Crippen molar-refractivity contribution in [3.8, 4) is 34.5 Å². The second-order valence-corrected chi connectivity index (χ2v) is 15.4. The van der Waals surface area contributed by atoms with E-state index < -0.39 is 41.5 Å². The number of phenols is 1. The number of aryl methyl sites for hydroxylation is 2. The van der Waals surface area contributed by atoms with Crippen LogP contribution in [-0.2, 0) is 33.1 Å². The van der Waals surface area contributed by atoms with E-state index in [0.29, 0.717) is 11.5 Å². The Labute approximate surface area is 345 Å². The van der Waals surface area contributed by atoms with Gasteiger partial charge in [0.25, 0.3) is 10.1 Å². The van der Waals surface area contributed by atoms with E-state index in [1.165, 1.54) is 76.0 Å². The fraction of sp³-hybridized carbons (Fsp3) is 0.400. The molecule has 0 amide bonds. The van der Waals surface area contributed by atoms with Crippen molar-refractivity contribution in [3.63, 3.8) is 0 Å². The van der Waals surface area contributed by atoms with Crippen molar-refractivity contribution in [2.75, 3.05) is 0 Å². The first-order valence-electron chi connectivity index (χ1n) is 17.9. The molecule has 4 rings (SSSR count). The molecule has 0 aliphatic carbocycles. The molecule has 0 saturated heterocycles. The predicted molar refractivity (Wildman–Crippen MR) is 205 cm³/mol. The zero-order valence-electron chi connectivity index (χ0n) is 30.7. The van der Waals surface area contributed by atoms with E-state index in [0.717, 1.165) is 61.4 Å². The van der Waals surface area contributed by atoms with Gasteiger partial charge >= 0.3 is 37.7 Å². The van der Waals surface area contributed by atoms with E-state index in [2.05, 4.69) is 13.8 Å². The van der Waals surface area contributed by atoms with E-state index in [4.69, 9.17) is 9.47 Å². The van der Waals surface area contributed by atoms with Gasteiger partial charge in [-0.05, 0) is 73.2 Å². The minimum Gasteiger partial charge on any atom is -0.872 e. The van der Waals surface area contributed by atoms with Crippen LogP contribution in [-0.4, -0.2) is 68.8 Å². The van der Waals surface area contributed by atoms with Crippen LogP contribution >= 0.6 is 0 Å². The second kappa shape index (κ2) is 23.8. The van der Waals surface area contributed by atoms with E-state index in [1.54, 1.807) is 6.07 Å². The Kier molecular flexibility index (Phi) is 20.8. The van der Waals surface area contributed by atoms with Crippen LogP contribution in [0.15, 0.2) is 94.7 Å². The zero-order chi connectivity index (χ0) is 38.0. The molecule has 4 aromatic carbocycles. The number of benzene rings is 4. The number of hydrogen-bond acceptors (Lipinski definition) is 9. The fourth-order valence-electron chi connectivity index (χ4n) is 5.58. The number of phenolic OH excluding ortho intramolecular Hbond substituents is 1. The van der Waals surface area contributed by atoms with Gasteiger partial charge in [-0.1, -0.05) is 126 Å². The maximum atomic E-state index is 11.6. The number of aromatic hydroxyl groups is 1. The zero-order valence-corrected chi connectivity index (χ0v) is 34.5. The monoisotopic (exact) mass is 794 g/mol. The molecular weight excluding hydrogens is 745 g/mol. The maximum Gasteiger partial charge on any atom is 2.00 e.